The summed E-state index contributed by atoms with van der Waals surface area (Å²) in [6, 6.07) is -0.188. The van der Waals surface area contributed by atoms with E-state index < -0.39 is 0 Å². The molecule has 1 saturated heterocycles. The zero-order chi connectivity index (χ0) is 8.27. The minimum Gasteiger partial charge on any atom is -0.464 e. The topological polar surface area (TPSA) is 38.3 Å². The molecule has 1 aliphatic heterocycles. The van der Waals surface area contributed by atoms with Gasteiger partial charge in [-0.3, -0.25) is 0 Å². The Hall–Kier alpha value is -0.640. The monoisotopic (exact) mass is 173 g/mol. The van der Waals surface area contributed by atoms with Gasteiger partial charge in [0, 0.05) is 5.75 Å². The zero-order valence-corrected chi connectivity index (χ0v) is 7.24. The molecule has 0 aromatic heterocycles. The molecular weight excluding hydrogens is 162 g/mol. The largest absolute Gasteiger partial charge is 0.464 e. The molecule has 62 valence electrons. The van der Waals surface area contributed by atoms with Gasteiger partial charge < -0.3 is 10.1 Å². The van der Waals surface area contributed by atoms with Crippen LogP contribution < -0.4 is 5.32 Å². The lowest BCUT2D eigenvalue weighted by Crippen LogP contribution is -2.33. The van der Waals surface area contributed by atoms with E-state index in [4.69, 9.17) is 4.74 Å². The van der Waals surface area contributed by atoms with Gasteiger partial charge in [0.05, 0.1) is 11.6 Å². The van der Waals surface area contributed by atoms with Gasteiger partial charge in [-0.1, -0.05) is 6.58 Å². The van der Waals surface area contributed by atoms with Gasteiger partial charge in [0.1, 0.15) is 6.04 Å². The van der Waals surface area contributed by atoms with E-state index in [2.05, 4.69) is 11.9 Å². The first-order chi connectivity index (χ1) is 5.24. The number of carbonyl (C=O) groups is 1. The summed E-state index contributed by atoms with van der Waals surface area (Å²) in [7, 11) is 0. The first kappa shape index (κ1) is 8.46. The van der Waals surface area contributed by atoms with Crippen LogP contribution in [-0.4, -0.2) is 24.4 Å². The molecule has 0 radical (unpaired) electrons. The third kappa shape index (κ3) is 2.15. The van der Waals surface area contributed by atoms with E-state index in [1.54, 1.807) is 18.7 Å². The molecule has 0 saturated carbocycles. The fourth-order valence-corrected chi connectivity index (χ4v) is 1.64. The van der Waals surface area contributed by atoms with E-state index in [0.717, 1.165) is 10.8 Å². The summed E-state index contributed by atoms with van der Waals surface area (Å²) in [5.41, 5.74) is 0. The van der Waals surface area contributed by atoms with Crippen LogP contribution in [0.5, 0.6) is 0 Å². The summed E-state index contributed by atoms with van der Waals surface area (Å²) in [5.74, 6) is 0.552. The second-order valence-corrected chi connectivity index (χ2v) is 3.30. The highest BCUT2D eigenvalue weighted by Crippen LogP contribution is 2.20. The van der Waals surface area contributed by atoms with Gasteiger partial charge in [0.15, 0.2) is 0 Å². The van der Waals surface area contributed by atoms with E-state index in [-0.39, 0.29) is 12.0 Å². The van der Waals surface area contributed by atoms with Crippen LogP contribution in [0.4, 0.5) is 0 Å². The Morgan fingerprint density at radius 3 is 3.18 bits per heavy atom. The lowest BCUT2D eigenvalue weighted by Gasteiger charge is -2.07. The summed E-state index contributed by atoms with van der Waals surface area (Å²) in [6.45, 7) is 5.93. The average Bonchev–Trinajstić information content (AvgIpc) is 2.36. The smallest absolute Gasteiger partial charge is 0.329 e. The average molecular weight is 173 g/mol. The van der Waals surface area contributed by atoms with Crippen molar-refractivity contribution in [1.29, 1.82) is 0 Å². The molecule has 0 amide bonds. The number of thioether (sulfide) groups is 1. The fourth-order valence-electron chi connectivity index (χ4n) is 0.831. The number of carbonyl (C=O) groups excluding carboxylic acids is 1. The zero-order valence-electron chi connectivity index (χ0n) is 6.42. The van der Waals surface area contributed by atoms with Crippen LogP contribution in [0, 0.1) is 0 Å². The van der Waals surface area contributed by atoms with Gasteiger partial charge in [0.25, 0.3) is 0 Å². The number of hydrogen-bond donors (Lipinski definition) is 1. The number of rotatable bonds is 2. The van der Waals surface area contributed by atoms with Crippen molar-refractivity contribution < 1.29 is 9.53 Å². The standard InChI is InChI=1S/C7H11NO2S/c1-3-10-7(9)6-4-11-5(2)8-6/h6,8H,2-4H2,1H3. The van der Waals surface area contributed by atoms with Crippen molar-refractivity contribution >= 4 is 17.7 Å². The van der Waals surface area contributed by atoms with E-state index in [1.807, 2.05) is 0 Å². The predicted molar refractivity (Wildman–Crippen MR) is 45.2 cm³/mol. The molecule has 4 heteroatoms. The van der Waals surface area contributed by atoms with Crippen LogP contribution in [0.1, 0.15) is 6.92 Å². The number of nitrogens with one attached hydrogen (secondary N) is 1. The summed E-state index contributed by atoms with van der Waals surface area (Å²) >= 11 is 1.55. The van der Waals surface area contributed by atoms with Crippen molar-refractivity contribution in [2.24, 2.45) is 0 Å². The van der Waals surface area contributed by atoms with Gasteiger partial charge in [-0.2, -0.15) is 0 Å². The molecule has 11 heavy (non-hydrogen) atoms. The molecular formula is C7H11NO2S. The highest BCUT2D eigenvalue weighted by molar-refractivity contribution is 8.03. The summed E-state index contributed by atoms with van der Waals surface area (Å²) in [6.07, 6.45) is 0. The molecule has 1 unspecified atom stereocenters. The third-order valence-electron chi connectivity index (χ3n) is 1.33. The van der Waals surface area contributed by atoms with Crippen molar-refractivity contribution in [2.45, 2.75) is 13.0 Å². The number of esters is 1. The van der Waals surface area contributed by atoms with Gasteiger partial charge in [-0.25, -0.2) is 4.79 Å². The second kappa shape index (κ2) is 3.67. The van der Waals surface area contributed by atoms with Crippen LogP contribution in [0.15, 0.2) is 11.6 Å². The molecule has 0 bridgehead atoms. The van der Waals surface area contributed by atoms with Gasteiger partial charge >= 0.3 is 5.97 Å². The van der Waals surface area contributed by atoms with Crippen LogP contribution in [0.2, 0.25) is 0 Å². The van der Waals surface area contributed by atoms with E-state index in [1.165, 1.54) is 0 Å². The maximum atomic E-state index is 11.1. The first-order valence-corrected chi connectivity index (χ1v) is 4.47. The second-order valence-electron chi connectivity index (χ2n) is 2.18. The highest BCUT2D eigenvalue weighted by Gasteiger charge is 2.25. The lowest BCUT2D eigenvalue weighted by molar-refractivity contribution is -0.144. The van der Waals surface area contributed by atoms with Crippen LogP contribution in [-0.2, 0) is 9.53 Å². The van der Waals surface area contributed by atoms with Gasteiger partial charge in [-0.05, 0) is 6.92 Å². The summed E-state index contributed by atoms with van der Waals surface area (Å²) in [5, 5.41) is 3.78. The Morgan fingerprint density at radius 1 is 2.00 bits per heavy atom. The molecule has 0 spiro atoms. The summed E-state index contributed by atoms with van der Waals surface area (Å²) < 4.78 is 4.82. The predicted octanol–water partition coefficient (Wildman–Crippen LogP) is 0.726. The molecule has 1 atom stereocenters. The molecule has 1 N–H and O–H groups in total. The molecule has 1 fully saturated rings. The SMILES string of the molecule is C=C1NC(C(=O)OCC)CS1. The molecule has 1 heterocycles. The minimum absolute atomic E-state index is 0.182. The van der Waals surface area contributed by atoms with Crippen LogP contribution in [0.3, 0.4) is 0 Å². The Bertz CT molecular complexity index is 181. The molecule has 0 aliphatic carbocycles. The highest BCUT2D eigenvalue weighted by atomic mass is 32.2. The van der Waals surface area contributed by atoms with Crippen LogP contribution in [0.25, 0.3) is 0 Å². The van der Waals surface area contributed by atoms with Crippen LogP contribution >= 0.6 is 11.8 Å². The van der Waals surface area contributed by atoms with Crippen molar-refractivity contribution in [2.75, 3.05) is 12.4 Å². The minimum atomic E-state index is -0.188. The van der Waals surface area contributed by atoms with Crippen molar-refractivity contribution in [3.8, 4) is 0 Å². The van der Waals surface area contributed by atoms with Crippen molar-refractivity contribution in [1.82, 2.24) is 5.32 Å². The first-order valence-electron chi connectivity index (χ1n) is 3.49. The quantitative estimate of drug-likeness (QED) is 0.625. The molecule has 0 aromatic rings. The fraction of sp³-hybridized carbons (Fsp3) is 0.571. The molecule has 1 rings (SSSR count). The normalized spacial score (nSPS) is 23.0. The van der Waals surface area contributed by atoms with E-state index >= 15 is 0 Å². The van der Waals surface area contributed by atoms with E-state index in [0.29, 0.717) is 6.61 Å². The maximum absolute atomic E-state index is 11.1. The molecule has 1 aliphatic rings. The van der Waals surface area contributed by atoms with Gasteiger partial charge in [-0.15, -0.1) is 11.8 Å². The van der Waals surface area contributed by atoms with Crippen molar-refractivity contribution in [3.63, 3.8) is 0 Å². The summed E-state index contributed by atoms with van der Waals surface area (Å²) in [4.78, 5) is 11.1. The Kier molecular flexibility index (Phi) is 2.82. The van der Waals surface area contributed by atoms with E-state index in [9.17, 15) is 4.79 Å². The maximum Gasteiger partial charge on any atom is 0.329 e. The Labute approximate surface area is 70.2 Å². The number of ether oxygens (including phenoxy) is 1. The lowest BCUT2D eigenvalue weighted by atomic mass is 10.3. The Balaban J connectivity index is 2.37. The van der Waals surface area contributed by atoms with Gasteiger partial charge in [0.2, 0.25) is 0 Å². The number of hydrogen-bond acceptors (Lipinski definition) is 4. The Morgan fingerprint density at radius 2 is 2.73 bits per heavy atom. The molecule has 0 aromatic carbocycles. The molecule has 3 nitrogen and oxygen atoms in total. The van der Waals surface area contributed by atoms with Crippen molar-refractivity contribution in [3.05, 3.63) is 11.6 Å². The third-order valence-corrected chi connectivity index (χ3v) is 2.30.